The Balaban J connectivity index is 2.53. The van der Waals surface area contributed by atoms with Crippen LogP contribution in [0, 0.1) is 11.8 Å². The highest BCUT2D eigenvalue weighted by atomic mass is 16.6. The molecule has 0 aliphatic carbocycles. The molecule has 0 saturated carbocycles. The average Bonchev–Trinajstić information content (AvgIpc) is 2.61. The first kappa shape index (κ1) is 22.6. The number of carboxylic acids is 1. The molecule has 0 saturated heterocycles. The Labute approximate surface area is 160 Å². The third-order valence-corrected chi connectivity index (χ3v) is 4.03. The molecule has 7 nitrogen and oxygen atoms in total. The number of carbonyl (C=O) groups is 3. The highest BCUT2D eigenvalue weighted by Gasteiger charge is 2.27. The summed E-state index contributed by atoms with van der Waals surface area (Å²) in [6.45, 7) is 5.92. The Kier molecular flexibility index (Phi) is 10.1. The van der Waals surface area contributed by atoms with E-state index >= 15 is 0 Å². The topological polar surface area (TPSA) is 105 Å². The van der Waals surface area contributed by atoms with Crippen molar-refractivity contribution in [2.24, 2.45) is 11.8 Å². The van der Waals surface area contributed by atoms with Gasteiger partial charge in [-0.3, -0.25) is 14.4 Å². The first-order chi connectivity index (χ1) is 12.8. The molecular formula is C20H30N2O5. The molecule has 1 unspecified atom stereocenters. The molecule has 3 N–H and O–H groups in total. The van der Waals surface area contributed by atoms with Gasteiger partial charge in [-0.15, -0.1) is 0 Å². The van der Waals surface area contributed by atoms with Gasteiger partial charge < -0.3 is 10.4 Å². The number of hydroxylamine groups is 1. The van der Waals surface area contributed by atoms with Crippen molar-refractivity contribution in [1.82, 2.24) is 10.8 Å². The fourth-order valence-corrected chi connectivity index (χ4v) is 2.70. The maximum absolute atomic E-state index is 12.5. The lowest BCUT2D eigenvalue weighted by Crippen LogP contribution is -2.45. The van der Waals surface area contributed by atoms with E-state index in [4.69, 9.17) is 4.84 Å². The zero-order chi connectivity index (χ0) is 20.2. The molecule has 7 heteroatoms. The minimum atomic E-state index is -1.07. The van der Waals surface area contributed by atoms with Gasteiger partial charge in [0.15, 0.2) is 0 Å². The number of benzene rings is 1. The van der Waals surface area contributed by atoms with Gasteiger partial charge in [-0.2, -0.15) is 0 Å². The second-order valence-electron chi connectivity index (χ2n) is 7.02. The van der Waals surface area contributed by atoms with Crippen molar-refractivity contribution in [2.75, 3.05) is 0 Å². The zero-order valence-electron chi connectivity index (χ0n) is 16.2. The summed E-state index contributed by atoms with van der Waals surface area (Å²) >= 11 is 0. The summed E-state index contributed by atoms with van der Waals surface area (Å²) < 4.78 is 0. The summed E-state index contributed by atoms with van der Waals surface area (Å²) in [6, 6.07) is 8.44. The smallest absolute Gasteiger partial charge is 0.326 e. The van der Waals surface area contributed by atoms with Gasteiger partial charge in [0, 0.05) is 12.3 Å². The Hall–Kier alpha value is -2.41. The lowest BCUT2D eigenvalue weighted by atomic mass is 9.97. The van der Waals surface area contributed by atoms with E-state index < -0.39 is 29.7 Å². The Morgan fingerprint density at radius 3 is 2.37 bits per heavy atom. The van der Waals surface area contributed by atoms with Crippen LogP contribution in [0.5, 0.6) is 0 Å². The lowest BCUT2D eigenvalue weighted by molar-refractivity contribution is -0.143. The van der Waals surface area contributed by atoms with Crippen LogP contribution in [0.2, 0.25) is 0 Å². The summed E-state index contributed by atoms with van der Waals surface area (Å²) in [6.07, 6.45) is 1.49. The van der Waals surface area contributed by atoms with Gasteiger partial charge in [-0.1, -0.05) is 57.5 Å². The van der Waals surface area contributed by atoms with E-state index in [1.807, 2.05) is 51.1 Å². The number of carboxylic acid groups (broad SMARTS) is 1. The quantitative estimate of drug-likeness (QED) is 0.485. The fourth-order valence-electron chi connectivity index (χ4n) is 2.70. The molecule has 0 aliphatic heterocycles. The van der Waals surface area contributed by atoms with E-state index in [0.29, 0.717) is 19.3 Å². The molecule has 2 atom stereocenters. The predicted molar refractivity (Wildman–Crippen MR) is 101 cm³/mol. The van der Waals surface area contributed by atoms with Crippen LogP contribution in [0.4, 0.5) is 0 Å². The van der Waals surface area contributed by atoms with E-state index in [0.717, 1.165) is 5.56 Å². The van der Waals surface area contributed by atoms with E-state index in [2.05, 4.69) is 10.8 Å². The zero-order valence-corrected chi connectivity index (χ0v) is 16.2. The van der Waals surface area contributed by atoms with Crippen LogP contribution in [0.25, 0.3) is 0 Å². The average molecular weight is 378 g/mol. The first-order valence-electron chi connectivity index (χ1n) is 9.31. The summed E-state index contributed by atoms with van der Waals surface area (Å²) in [5.74, 6) is -2.35. The van der Waals surface area contributed by atoms with Gasteiger partial charge in [0.05, 0.1) is 6.61 Å². The molecule has 0 heterocycles. The molecule has 2 amide bonds. The molecule has 1 aromatic rings. The van der Waals surface area contributed by atoms with Gasteiger partial charge in [0.2, 0.25) is 11.8 Å². The van der Waals surface area contributed by atoms with Gasteiger partial charge in [-0.05, 0) is 24.3 Å². The van der Waals surface area contributed by atoms with Gasteiger partial charge in [-0.25, -0.2) is 10.3 Å². The normalized spacial score (nSPS) is 13.0. The van der Waals surface area contributed by atoms with E-state index in [1.165, 1.54) is 0 Å². The van der Waals surface area contributed by atoms with Crippen LogP contribution in [-0.4, -0.2) is 28.9 Å². The number of rotatable bonds is 12. The highest BCUT2D eigenvalue weighted by molar-refractivity contribution is 5.88. The predicted octanol–water partition coefficient (Wildman–Crippen LogP) is 2.66. The Morgan fingerprint density at radius 1 is 1.15 bits per heavy atom. The van der Waals surface area contributed by atoms with Crippen LogP contribution in [0.1, 0.15) is 52.0 Å². The molecule has 1 aromatic carbocycles. The Morgan fingerprint density at radius 2 is 1.81 bits per heavy atom. The number of nitrogens with one attached hydrogen (secondary N) is 2. The number of carbonyl (C=O) groups excluding carboxylic acids is 2. The van der Waals surface area contributed by atoms with Crippen LogP contribution in [-0.2, 0) is 25.8 Å². The van der Waals surface area contributed by atoms with Gasteiger partial charge >= 0.3 is 5.97 Å². The van der Waals surface area contributed by atoms with Crippen molar-refractivity contribution < 1.29 is 24.3 Å². The largest absolute Gasteiger partial charge is 0.480 e. The van der Waals surface area contributed by atoms with Crippen LogP contribution in [0.15, 0.2) is 30.3 Å². The van der Waals surface area contributed by atoms with Crippen molar-refractivity contribution in [1.29, 1.82) is 0 Å². The molecule has 0 spiro atoms. The van der Waals surface area contributed by atoms with Crippen LogP contribution >= 0.6 is 0 Å². The second kappa shape index (κ2) is 12.1. The molecule has 150 valence electrons. The number of aliphatic carboxylic acids is 1. The monoisotopic (exact) mass is 378 g/mol. The van der Waals surface area contributed by atoms with E-state index in [9.17, 15) is 19.5 Å². The number of hydrogen-bond acceptors (Lipinski definition) is 4. The standard InChI is InChI=1S/C20H30N2O5/c1-4-8-16(19(24)21-17(20(25)26)11-14(2)3)12-18(23)22-27-13-15-9-6-5-7-10-15/h5-7,9-10,14,16-17H,4,8,11-13H2,1-3H3,(H,21,24)(H,22,23)(H,25,26)/t16?,17-/m0/s1. The summed E-state index contributed by atoms with van der Waals surface area (Å²) in [4.78, 5) is 41.1. The minimum absolute atomic E-state index is 0.0531. The molecule has 0 aliphatic rings. The summed E-state index contributed by atoms with van der Waals surface area (Å²) in [5, 5.41) is 11.8. The van der Waals surface area contributed by atoms with Gasteiger partial charge in [0.25, 0.3) is 0 Å². The molecular weight excluding hydrogens is 348 g/mol. The third kappa shape index (κ3) is 9.19. The maximum Gasteiger partial charge on any atom is 0.326 e. The summed E-state index contributed by atoms with van der Waals surface area (Å²) in [7, 11) is 0. The number of hydrogen-bond donors (Lipinski definition) is 3. The molecule has 1 rings (SSSR count). The van der Waals surface area contributed by atoms with Crippen LogP contribution < -0.4 is 10.8 Å². The van der Waals surface area contributed by atoms with Crippen molar-refractivity contribution in [3.05, 3.63) is 35.9 Å². The molecule has 27 heavy (non-hydrogen) atoms. The van der Waals surface area contributed by atoms with Crippen molar-refractivity contribution in [2.45, 2.75) is 59.1 Å². The van der Waals surface area contributed by atoms with Crippen molar-refractivity contribution in [3.63, 3.8) is 0 Å². The Bertz CT molecular complexity index is 604. The first-order valence-corrected chi connectivity index (χ1v) is 9.31. The fraction of sp³-hybridized carbons (Fsp3) is 0.550. The second-order valence-corrected chi connectivity index (χ2v) is 7.02. The molecule has 0 aromatic heterocycles. The lowest BCUT2D eigenvalue weighted by Gasteiger charge is -2.21. The maximum atomic E-state index is 12.5. The molecule has 0 radical (unpaired) electrons. The minimum Gasteiger partial charge on any atom is -0.480 e. The van der Waals surface area contributed by atoms with E-state index in [-0.39, 0.29) is 18.9 Å². The van der Waals surface area contributed by atoms with Crippen molar-refractivity contribution >= 4 is 17.8 Å². The van der Waals surface area contributed by atoms with E-state index in [1.54, 1.807) is 0 Å². The van der Waals surface area contributed by atoms with Crippen molar-refractivity contribution in [3.8, 4) is 0 Å². The van der Waals surface area contributed by atoms with Gasteiger partial charge in [0.1, 0.15) is 6.04 Å². The summed E-state index contributed by atoms with van der Waals surface area (Å²) in [5.41, 5.74) is 3.26. The number of amides is 2. The molecule has 0 bridgehead atoms. The highest BCUT2D eigenvalue weighted by Crippen LogP contribution is 2.14. The molecule has 0 fully saturated rings. The van der Waals surface area contributed by atoms with Crippen LogP contribution in [0.3, 0.4) is 0 Å². The SMILES string of the molecule is CCCC(CC(=O)NOCc1ccccc1)C(=O)N[C@@H](CC(C)C)C(=O)O. The third-order valence-electron chi connectivity index (χ3n) is 4.03.